The summed E-state index contributed by atoms with van der Waals surface area (Å²) in [5, 5.41) is 7.58. The first-order valence-corrected chi connectivity index (χ1v) is 11.4. The summed E-state index contributed by atoms with van der Waals surface area (Å²) < 4.78 is 33.4. The van der Waals surface area contributed by atoms with Crippen LogP contribution in [-0.2, 0) is 10.1 Å². The number of nitrogens with zero attached hydrogens (tertiary/aromatic N) is 3. The van der Waals surface area contributed by atoms with Crippen LogP contribution in [0.1, 0.15) is 12.5 Å². The van der Waals surface area contributed by atoms with Crippen LogP contribution in [0.3, 0.4) is 0 Å². The van der Waals surface area contributed by atoms with Crippen LogP contribution in [-0.4, -0.2) is 28.7 Å². The summed E-state index contributed by atoms with van der Waals surface area (Å²) in [4.78, 5) is 8.74. The summed E-state index contributed by atoms with van der Waals surface area (Å²) in [6.07, 6.45) is 1.72. The molecule has 34 heavy (non-hydrogen) atoms. The maximum atomic E-state index is 11.1. The second-order valence-corrected chi connectivity index (χ2v) is 8.48. The third-order valence-electron chi connectivity index (χ3n) is 4.79. The Morgan fingerprint density at radius 3 is 2.15 bits per heavy atom. The Balaban J connectivity index is 0.00000324. The third-order valence-corrected chi connectivity index (χ3v) is 5.64. The van der Waals surface area contributed by atoms with Crippen LogP contribution in [0, 0.1) is 0 Å². The number of hydrazone groups is 1. The zero-order valence-electron chi connectivity index (χ0n) is 18.6. The quantitative estimate of drug-likeness (QED) is 0.178. The number of hydrogen-bond acceptors (Lipinski definition) is 8. The van der Waals surface area contributed by atoms with Crippen molar-refractivity contribution in [2.75, 3.05) is 10.7 Å². The summed E-state index contributed by atoms with van der Waals surface area (Å²) in [6.45, 7) is 1.76. The molecule has 0 spiro atoms. The standard InChI is InChI=1S/C24H21N5O3S.Na/c1-17(18-12-14-21(15-13-18)33(30,31)32)28-29-23-22(19-8-4-2-5-9-19)16-25-24(27-23)26-20-10-6-3-7-11-20;/h2-16H,1H3,(H,30,31,32)(H2,25,26,27,29);/q;+1/p-1. The van der Waals surface area contributed by atoms with Gasteiger partial charge in [0.2, 0.25) is 5.95 Å². The first-order valence-electron chi connectivity index (χ1n) is 10.0. The predicted octanol–water partition coefficient (Wildman–Crippen LogP) is 1.63. The van der Waals surface area contributed by atoms with E-state index in [0.717, 1.165) is 16.8 Å². The molecule has 0 unspecified atom stereocenters. The molecule has 0 amide bonds. The first kappa shape index (κ1) is 25.5. The number of benzene rings is 3. The van der Waals surface area contributed by atoms with Crippen LogP contribution in [0.5, 0.6) is 0 Å². The van der Waals surface area contributed by atoms with Gasteiger partial charge in [-0.25, -0.2) is 13.4 Å². The summed E-state index contributed by atoms with van der Waals surface area (Å²) >= 11 is 0. The summed E-state index contributed by atoms with van der Waals surface area (Å²) in [7, 11) is -4.50. The van der Waals surface area contributed by atoms with E-state index in [1.807, 2.05) is 60.7 Å². The fraction of sp³-hybridized carbons (Fsp3) is 0.0417. The second kappa shape index (κ2) is 11.4. The molecule has 2 N–H and O–H groups in total. The zero-order valence-corrected chi connectivity index (χ0v) is 21.5. The Bertz CT molecular complexity index is 1380. The SMILES string of the molecule is CC(=NNc1nc(Nc2ccccc2)ncc1-c1ccccc1)c1ccc(S(=O)(=O)[O-])cc1.[Na+]. The minimum Gasteiger partial charge on any atom is -0.744 e. The number of nitrogens with one attached hydrogen (secondary N) is 2. The van der Waals surface area contributed by atoms with Crippen LogP contribution in [0.25, 0.3) is 11.1 Å². The molecule has 1 aromatic heterocycles. The fourth-order valence-electron chi connectivity index (χ4n) is 3.07. The Kier molecular flexibility index (Phi) is 8.54. The van der Waals surface area contributed by atoms with E-state index in [4.69, 9.17) is 0 Å². The maximum absolute atomic E-state index is 11.1. The number of hydrogen-bond donors (Lipinski definition) is 2. The van der Waals surface area contributed by atoms with Gasteiger partial charge in [-0.15, -0.1) is 0 Å². The zero-order chi connectivity index (χ0) is 23.3. The molecule has 0 atom stereocenters. The van der Waals surface area contributed by atoms with Crippen molar-refractivity contribution < 1.29 is 42.5 Å². The van der Waals surface area contributed by atoms with Gasteiger partial charge in [-0.3, -0.25) is 5.43 Å². The smallest absolute Gasteiger partial charge is 0.744 e. The van der Waals surface area contributed by atoms with Gasteiger partial charge >= 0.3 is 29.6 Å². The molecule has 0 aliphatic carbocycles. The van der Waals surface area contributed by atoms with Crippen LogP contribution >= 0.6 is 0 Å². The Hall–Kier alpha value is -3.08. The van der Waals surface area contributed by atoms with Crippen molar-refractivity contribution in [3.05, 3.63) is 96.7 Å². The van der Waals surface area contributed by atoms with Crippen LogP contribution in [0.15, 0.2) is 101 Å². The number of rotatable bonds is 7. The summed E-state index contributed by atoms with van der Waals surface area (Å²) in [6, 6.07) is 24.9. The topological polar surface area (TPSA) is 119 Å². The van der Waals surface area contributed by atoms with E-state index in [1.165, 1.54) is 24.3 Å². The van der Waals surface area contributed by atoms with Crippen LogP contribution in [0.4, 0.5) is 17.5 Å². The molecule has 0 aliphatic heterocycles. The first-order chi connectivity index (χ1) is 15.9. The van der Waals surface area contributed by atoms with Gasteiger partial charge in [-0.05, 0) is 42.3 Å². The van der Waals surface area contributed by atoms with E-state index in [2.05, 4.69) is 25.8 Å². The van der Waals surface area contributed by atoms with Gasteiger partial charge in [0.15, 0.2) is 5.82 Å². The predicted molar refractivity (Wildman–Crippen MR) is 127 cm³/mol. The van der Waals surface area contributed by atoms with Crippen molar-refractivity contribution >= 4 is 33.3 Å². The molecule has 8 nitrogen and oxygen atoms in total. The average Bonchev–Trinajstić information content (AvgIpc) is 2.83. The molecule has 10 heteroatoms. The Labute approximate surface area is 220 Å². The van der Waals surface area contributed by atoms with E-state index in [-0.39, 0.29) is 34.5 Å². The van der Waals surface area contributed by atoms with Crippen molar-refractivity contribution in [1.82, 2.24) is 9.97 Å². The molecule has 0 radical (unpaired) electrons. The monoisotopic (exact) mass is 481 g/mol. The molecular weight excluding hydrogens is 461 g/mol. The maximum Gasteiger partial charge on any atom is 1.00 e. The largest absolute Gasteiger partial charge is 1.00 e. The van der Waals surface area contributed by atoms with E-state index in [9.17, 15) is 13.0 Å². The van der Waals surface area contributed by atoms with Crippen LogP contribution < -0.4 is 40.3 Å². The molecule has 0 bridgehead atoms. The van der Waals surface area contributed by atoms with Gasteiger partial charge in [-0.2, -0.15) is 10.1 Å². The molecule has 0 saturated heterocycles. The summed E-state index contributed by atoms with van der Waals surface area (Å²) in [5.74, 6) is 0.897. The molecule has 0 fully saturated rings. The van der Waals surface area contributed by atoms with Crippen molar-refractivity contribution in [2.24, 2.45) is 5.10 Å². The van der Waals surface area contributed by atoms with Crippen LogP contribution in [0.2, 0.25) is 0 Å². The molecule has 166 valence electrons. The van der Waals surface area contributed by atoms with Crippen molar-refractivity contribution in [3.8, 4) is 11.1 Å². The molecule has 0 aliphatic rings. The minimum atomic E-state index is -4.50. The molecule has 4 aromatic rings. The van der Waals surface area contributed by atoms with Gasteiger partial charge < -0.3 is 9.87 Å². The normalized spacial score (nSPS) is 11.4. The minimum absolute atomic E-state index is 0. The van der Waals surface area contributed by atoms with E-state index < -0.39 is 10.1 Å². The third kappa shape index (κ3) is 6.49. The molecule has 1 heterocycles. The average molecular weight is 482 g/mol. The van der Waals surface area contributed by atoms with Crippen molar-refractivity contribution in [3.63, 3.8) is 0 Å². The fourth-order valence-corrected chi connectivity index (χ4v) is 3.54. The van der Waals surface area contributed by atoms with Gasteiger partial charge in [0, 0.05) is 17.4 Å². The van der Waals surface area contributed by atoms with Gasteiger partial charge in [0.25, 0.3) is 0 Å². The van der Waals surface area contributed by atoms with E-state index in [0.29, 0.717) is 23.0 Å². The number of anilines is 3. The Morgan fingerprint density at radius 1 is 0.912 bits per heavy atom. The Morgan fingerprint density at radius 2 is 1.53 bits per heavy atom. The molecule has 3 aromatic carbocycles. The summed E-state index contributed by atoms with van der Waals surface area (Å²) in [5.41, 5.74) is 6.78. The second-order valence-electron chi connectivity index (χ2n) is 7.10. The van der Waals surface area contributed by atoms with Gasteiger partial charge in [-0.1, -0.05) is 60.7 Å². The number of aromatic nitrogens is 2. The molecule has 0 saturated carbocycles. The molecular formula is C24H20N5NaO3S. The van der Waals surface area contributed by atoms with Crippen molar-refractivity contribution in [1.29, 1.82) is 0 Å². The number of para-hydroxylation sites is 1. The molecule has 4 rings (SSSR count). The van der Waals surface area contributed by atoms with E-state index >= 15 is 0 Å². The van der Waals surface area contributed by atoms with Gasteiger partial charge in [0.05, 0.1) is 10.6 Å². The van der Waals surface area contributed by atoms with E-state index in [1.54, 1.807) is 13.1 Å². The van der Waals surface area contributed by atoms with Gasteiger partial charge in [0.1, 0.15) is 10.1 Å². The van der Waals surface area contributed by atoms with Crippen molar-refractivity contribution in [2.45, 2.75) is 11.8 Å².